The van der Waals surface area contributed by atoms with Gasteiger partial charge in [-0.3, -0.25) is 4.84 Å². The second-order valence-electron chi connectivity index (χ2n) is 0.683. The average Bonchev–Trinajstić information content (AvgIpc) is 1.35. The predicted octanol–water partition coefficient (Wildman–Crippen LogP) is -5.37. The Kier molecular flexibility index (Phi) is 8.61. The molecule has 0 spiro atoms. The van der Waals surface area contributed by atoms with Crippen molar-refractivity contribution < 1.29 is 33.6 Å². The molecular formula is C2H4LiNO3. The maximum atomic E-state index is 9.28. The van der Waals surface area contributed by atoms with Crippen molar-refractivity contribution in [3.05, 3.63) is 0 Å². The molecule has 0 fully saturated rings. The molecule has 0 radical (unpaired) electrons. The summed E-state index contributed by atoms with van der Waals surface area (Å²) in [7, 11) is 0. The largest absolute Gasteiger partial charge is 1.00 e. The van der Waals surface area contributed by atoms with Crippen LogP contribution >= 0.6 is 0 Å². The van der Waals surface area contributed by atoms with Crippen molar-refractivity contribution >= 4 is 5.97 Å². The monoisotopic (exact) mass is 97.0 g/mol. The van der Waals surface area contributed by atoms with Crippen LogP contribution in [0.3, 0.4) is 0 Å². The maximum absolute atomic E-state index is 9.28. The maximum Gasteiger partial charge on any atom is 1.00 e. The fraction of sp³-hybridized carbons (Fsp3) is 0.500. The average molecular weight is 97.0 g/mol. The predicted molar refractivity (Wildman–Crippen MR) is 15.1 cm³/mol. The third-order valence-corrected chi connectivity index (χ3v) is 0.201. The molecule has 0 aromatic carbocycles. The van der Waals surface area contributed by atoms with Crippen LogP contribution in [-0.2, 0) is 9.63 Å². The van der Waals surface area contributed by atoms with Crippen molar-refractivity contribution in [2.24, 2.45) is 5.90 Å². The Balaban J connectivity index is 0. The van der Waals surface area contributed by atoms with E-state index >= 15 is 0 Å². The minimum atomic E-state index is -1.31. The summed E-state index contributed by atoms with van der Waals surface area (Å²) in [5, 5.41) is 9.28. The molecule has 0 aromatic rings. The zero-order chi connectivity index (χ0) is 4.99. The van der Waals surface area contributed by atoms with Crippen molar-refractivity contribution in [3.8, 4) is 0 Å². The quantitative estimate of drug-likeness (QED) is 0.275. The molecule has 0 aliphatic heterocycles. The zero-order valence-electron chi connectivity index (χ0n) is 4.01. The summed E-state index contributed by atoms with van der Waals surface area (Å²) in [6, 6.07) is 0. The van der Waals surface area contributed by atoms with Gasteiger partial charge in [0, 0.05) is 0 Å². The number of carboxylic acids is 1. The summed E-state index contributed by atoms with van der Waals surface area (Å²) in [4.78, 5) is 12.9. The van der Waals surface area contributed by atoms with E-state index in [4.69, 9.17) is 0 Å². The van der Waals surface area contributed by atoms with Gasteiger partial charge in [-0.05, 0) is 0 Å². The number of hydrogen-bond acceptors (Lipinski definition) is 4. The topological polar surface area (TPSA) is 75.4 Å². The molecule has 4 nitrogen and oxygen atoms in total. The molecule has 0 aliphatic carbocycles. The Hall–Kier alpha value is -0.0126. The molecule has 5 heteroatoms. The van der Waals surface area contributed by atoms with Gasteiger partial charge in [0.1, 0.15) is 6.61 Å². The standard InChI is InChI=1S/C2H5NO3.Li/c3-6-1-2(4)5;/h1,3H2,(H,4,5);/q;+1/p-1. The molecule has 2 N–H and O–H groups in total. The summed E-state index contributed by atoms with van der Waals surface area (Å²) in [5.41, 5.74) is 0. The van der Waals surface area contributed by atoms with Crippen molar-refractivity contribution in [1.29, 1.82) is 0 Å². The first-order valence-electron chi connectivity index (χ1n) is 1.29. The molecular weight excluding hydrogens is 93.0 g/mol. The van der Waals surface area contributed by atoms with E-state index in [2.05, 4.69) is 10.7 Å². The number of carbonyl (C=O) groups is 1. The van der Waals surface area contributed by atoms with Crippen LogP contribution < -0.4 is 29.9 Å². The second-order valence-corrected chi connectivity index (χ2v) is 0.683. The fourth-order valence-corrected chi connectivity index (χ4v) is 0.0680. The van der Waals surface area contributed by atoms with Gasteiger partial charge in [0.05, 0.1) is 5.97 Å². The molecule has 0 bridgehead atoms. The van der Waals surface area contributed by atoms with Gasteiger partial charge in [-0.1, -0.05) is 0 Å². The molecule has 0 saturated heterocycles. The number of rotatable bonds is 2. The van der Waals surface area contributed by atoms with Gasteiger partial charge >= 0.3 is 18.9 Å². The fourth-order valence-electron chi connectivity index (χ4n) is 0.0680. The SMILES string of the molecule is NOCC(=O)[O-].[Li+]. The van der Waals surface area contributed by atoms with E-state index in [1.165, 1.54) is 0 Å². The molecule has 0 saturated carbocycles. The molecule has 0 aromatic heterocycles. The van der Waals surface area contributed by atoms with Crippen molar-refractivity contribution in [2.45, 2.75) is 0 Å². The van der Waals surface area contributed by atoms with E-state index in [0.29, 0.717) is 0 Å². The summed E-state index contributed by atoms with van der Waals surface area (Å²) in [5.74, 6) is 3.00. The van der Waals surface area contributed by atoms with E-state index in [1.807, 2.05) is 0 Å². The number of carbonyl (C=O) groups excluding carboxylic acids is 1. The first-order chi connectivity index (χ1) is 2.77. The number of aliphatic carboxylic acids is 1. The van der Waals surface area contributed by atoms with E-state index in [1.54, 1.807) is 0 Å². The van der Waals surface area contributed by atoms with Gasteiger partial charge in [-0.15, -0.1) is 0 Å². The van der Waals surface area contributed by atoms with Gasteiger partial charge in [-0.2, -0.15) is 0 Å². The van der Waals surface area contributed by atoms with Crippen LogP contribution in [0.15, 0.2) is 0 Å². The molecule has 36 valence electrons. The summed E-state index contributed by atoms with van der Waals surface area (Å²) >= 11 is 0. The van der Waals surface area contributed by atoms with Crippen molar-refractivity contribution in [3.63, 3.8) is 0 Å². The van der Waals surface area contributed by atoms with E-state index in [9.17, 15) is 9.90 Å². The van der Waals surface area contributed by atoms with Crippen LogP contribution in [0.5, 0.6) is 0 Å². The number of carboxylic acid groups (broad SMARTS) is 1. The summed E-state index contributed by atoms with van der Waals surface area (Å²) in [6.07, 6.45) is 0. The van der Waals surface area contributed by atoms with Gasteiger partial charge in [-0.25, -0.2) is 5.90 Å². The Morgan fingerprint density at radius 1 is 1.86 bits per heavy atom. The Morgan fingerprint density at radius 2 is 2.29 bits per heavy atom. The Morgan fingerprint density at radius 3 is 2.29 bits per heavy atom. The minimum Gasteiger partial charge on any atom is -0.548 e. The molecule has 0 aliphatic rings. The first kappa shape index (κ1) is 10.1. The smallest absolute Gasteiger partial charge is 0.548 e. The van der Waals surface area contributed by atoms with E-state index in [-0.39, 0.29) is 18.9 Å². The molecule has 0 atom stereocenters. The van der Waals surface area contributed by atoms with E-state index in [0.717, 1.165) is 0 Å². The van der Waals surface area contributed by atoms with Crippen LogP contribution in [0.2, 0.25) is 0 Å². The van der Waals surface area contributed by atoms with Gasteiger partial charge in [0.2, 0.25) is 0 Å². The normalized spacial score (nSPS) is 7.00. The minimum absolute atomic E-state index is 0. The molecule has 0 amide bonds. The molecule has 7 heavy (non-hydrogen) atoms. The third-order valence-electron chi connectivity index (χ3n) is 0.201. The molecule has 0 unspecified atom stereocenters. The third kappa shape index (κ3) is 10.7. The van der Waals surface area contributed by atoms with Crippen molar-refractivity contribution in [2.75, 3.05) is 6.61 Å². The zero-order valence-corrected chi connectivity index (χ0v) is 4.01. The van der Waals surface area contributed by atoms with Crippen LogP contribution in [0.4, 0.5) is 0 Å². The van der Waals surface area contributed by atoms with Crippen LogP contribution in [-0.4, -0.2) is 12.6 Å². The van der Waals surface area contributed by atoms with Crippen LogP contribution in [0, 0.1) is 0 Å². The van der Waals surface area contributed by atoms with Gasteiger partial charge in [0.15, 0.2) is 0 Å². The Labute approximate surface area is 52.8 Å². The summed E-state index contributed by atoms with van der Waals surface area (Å²) < 4.78 is 0. The first-order valence-corrected chi connectivity index (χ1v) is 1.29. The summed E-state index contributed by atoms with van der Waals surface area (Å²) in [6.45, 7) is -0.542. The van der Waals surface area contributed by atoms with Crippen LogP contribution in [0.25, 0.3) is 0 Å². The van der Waals surface area contributed by atoms with Gasteiger partial charge < -0.3 is 9.90 Å². The number of hydrogen-bond donors (Lipinski definition) is 1. The number of nitrogens with two attached hydrogens (primary N) is 1. The Bertz CT molecular complexity index is 56.9. The second kappa shape index (κ2) is 5.99. The molecule has 0 rings (SSSR count). The van der Waals surface area contributed by atoms with Crippen LogP contribution in [0.1, 0.15) is 0 Å². The van der Waals surface area contributed by atoms with Gasteiger partial charge in [0.25, 0.3) is 0 Å². The van der Waals surface area contributed by atoms with Crippen molar-refractivity contribution in [1.82, 2.24) is 0 Å². The van der Waals surface area contributed by atoms with E-state index < -0.39 is 12.6 Å². The molecule has 0 heterocycles.